The Bertz CT molecular complexity index is 1640. The lowest BCUT2D eigenvalue weighted by atomic mass is 9.85. The molecule has 0 bridgehead atoms. The predicted octanol–water partition coefficient (Wildman–Crippen LogP) is 5.71. The average molecular weight is 478 g/mol. The number of aromatic nitrogens is 1. The highest BCUT2D eigenvalue weighted by Gasteiger charge is 2.39. The van der Waals surface area contributed by atoms with Gasteiger partial charge in [-0.3, -0.25) is 14.4 Å². The number of benzene rings is 3. The van der Waals surface area contributed by atoms with Crippen molar-refractivity contribution in [3.8, 4) is 11.5 Å². The summed E-state index contributed by atoms with van der Waals surface area (Å²) in [4.78, 5) is 41.7. The Balaban J connectivity index is 1.45. The summed E-state index contributed by atoms with van der Waals surface area (Å²) < 4.78 is 11.6. The zero-order valence-electron chi connectivity index (χ0n) is 19.8. The quantitative estimate of drug-likeness (QED) is 0.232. The molecule has 6 heteroatoms. The second kappa shape index (κ2) is 8.34. The fraction of sp³-hybridized carbons (Fsp3) is 0.167. The maximum absolute atomic E-state index is 13.2. The average Bonchev–Trinajstić information content (AvgIpc) is 3.18. The van der Waals surface area contributed by atoms with Gasteiger partial charge in [0.05, 0.1) is 12.0 Å². The smallest absolute Gasteiger partial charge is 0.312 e. The topological polar surface area (TPSA) is 85.5 Å². The number of ketones is 1. The first-order chi connectivity index (χ1) is 17.4. The second-order valence-corrected chi connectivity index (χ2v) is 9.49. The largest absolute Gasteiger partial charge is 0.452 e. The van der Waals surface area contributed by atoms with Gasteiger partial charge in [0.1, 0.15) is 11.5 Å². The molecule has 4 aromatic rings. The van der Waals surface area contributed by atoms with Gasteiger partial charge >= 0.3 is 5.97 Å². The molecular weight excluding hydrogens is 454 g/mol. The van der Waals surface area contributed by atoms with Gasteiger partial charge in [0.15, 0.2) is 5.76 Å². The first-order valence-electron chi connectivity index (χ1n) is 11.9. The number of esters is 1. The molecule has 0 saturated carbocycles. The maximum Gasteiger partial charge on any atom is 0.312 e. The van der Waals surface area contributed by atoms with E-state index in [0.29, 0.717) is 39.6 Å². The summed E-state index contributed by atoms with van der Waals surface area (Å²) in [5, 5.41) is 0.850. The van der Waals surface area contributed by atoms with Gasteiger partial charge in [0.2, 0.25) is 5.78 Å². The first kappa shape index (κ1) is 22.0. The summed E-state index contributed by atoms with van der Waals surface area (Å²) in [7, 11) is 0. The third-order valence-corrected chi connectivity index (χ3v) is 6.84. The highest BCUT2D eigenvalue weighted by atomic mass is 16.5. The van der Waals surface area contributed by atoms with Gasteiger partial charge in [-0.25, -0.2) is 0 Å². The van der Waals surface area contributed by atoms with E-state index in [4.69, 9.17) is 9.47 Å². The van der Waals surface area contributed by atoms with Crippen LogP contribution in [0.15, 0.2) is 77.3 Å². The summed E-state index contributed by atoms with van der Waals surface area (Å²) in [5.74, 6) is -0.0507. The Hall–Kier alpha value is -4.45. The van der Waals surface area contributed by atoms with Gasteiger partial charge in [-0.05, 0) is 52.8 Å². The Labute approximate surface area is 207 Å². The van der Waals surface area contributed by atoms with Crippen LogP contribution in [0.4, 0.5) is 0 Å². The van der Waals surface area contributed by atoms with Crippen molar-refractivity contribution in [1.29, 1.82) is 0 Å². The van der Waals surface area contributed by atoms with Crippen LogP contribution in [0.1, 0.15) is 64.7 Å². The minimum absolute atomic E-state index is 0.0296. The van der Waals surface area contributed by atoms with Crippen molar-refractivity contribution in [1.82, 2.24) is 4.98 Å². The minimum atomic E-state index is -0.609. The van der Waals surface area contributed by atoms with Crippen LogP contribution in [0, 0.1) is 0 Å². The number of para-hydroxylation sites is 1. The molecule has 1 aromatic heterocycles. The summed E-state index contributed by atoms with van der Waals surface area (Å²) in [6.07, 6.45) is 1.68. The van der Waals surface area contributed by atoms with E-state index in [0.717, 1.165) is 10.9 Å². The third-order valence-electron chi connectivity index (χ3n) is 6.84. The Morgan fingerprint density at radius 2 is 1.72 bits per heavy atom. The number of fused-ring (bicyclic) bond motifs is 4. The number of carbonyl (C=O) groups is 2. The van der Waals surface area contributed by atoms with Gasteiger partial charge in [-0.1, -0.05) is 56.3 Å². The van der Waals surface area contributed by atoms with Crippen LogP contribution in [0.25, 0.3) is 17.0 Å². The van der Waals surface area contributed by atoms with Gasteiger partial charge in [0.25, 0.3) is 5.56 Å². The molecule has 2 aliphatic heterocycles. The van der Waals surface area contributed by atoms with Crippen LogP contribution in [-0.4, -0.2) is 16.7 Å². The Morgan fingerprint density at radius 3 is 2.50 bits per heavy atom. The SMILES string of the molecule is CC(C)c1ccc(C=C2Oc3c(ccc4c3C(c3cc5ccccc5[nH]c3=O)CC(=O)O4)C2=O)cc1. The van der Waals surface area contributed by atoms with Crippen LogP contribution in [0.2, 0.25) is 0 Å². The molecular formula is C30H23NO5. The van der Waals surface area contributed by atoms with Crippen molar-refractivity contribution < 1.29 is 19.1 Å². The zero-order chi connectivity index (χ0) is 25.0. The highest BCUT2D eigenvalue weighted by molar-refractivity contribution is 6.15. The number of allylic oxidation sites excluding steroid dienone is 1. The molecule has 6 nitrogen and oxygen atoms in total. The fourth-order valence-corrected chi connectivity index (χ4v) is 4.92. The summed E-state index contributed by atoms with van der Waals surface area (Å²) in [5.41, 5.74) is 3.83. The van der Waals surface area contributed by atoms with Crippen molar-refractivity contribution >= 4 is 28.7 Å². The zero-order valence-corrected chi connectivity index (χ0v) is 19.8. The van der Waals surface area contributed by atoms with Crippen molar-refractivity contribution in [2.24, 2.45) is 0 Å². The standard InChI is InChI=1S/C30H23NO5/c1-16(2)18-9-7-17(8-10-18)13-25-28(33)20-11-12-24-27(29(20)36-25)21(15-26(32)35-24)22-14-19-5-3-4-6-23(19)31-30(22)34/h3-14,16,21H,15H2,1-2H3,(H,31,34). The summed E-state index contributed by atoms with van der Waals surface area (Å²) >= 11 is 0. The number of carbonyl (C=O) groups excluding carboxylic acids is 2. The Morgan fingerprint density at radius 1 is 0.944 bits per heavy atom. The molecule has 3 heterocycles. The molecule has 1 atom stereocenters. The molecule has 0 fully saturated rings. The number of Topliss-reactive ketones (excluding diaryl/α,β-unsaturated/α-hetero) is 1. The maximum atomic E-state index is 13.2. The van der Waals surface area contributed by atoms with Crippen LogP contribution in [0.3, 0.4) is 0 Å². The molecule has 178 valence electrons. The van der Waals surface area contributed by atoms with Gasteiger partial charge in [-0.15, -0.1) is 0 Å². The molecule has 1 unspecified atom stereocenters. The second-order valence-electron chi connectivity index (χ2n) is 9.49. The number of hydrogen-bond donors (Lipinski definition) is 1. The number of aromatic amines is 1. The van der Waals surface area contributed by atoms with Crippen molar-refractivity contribution in [3.05, 3.63) is 111 Å². The number of ether oxygens (including phenoxy) is 2. The van der Waals surface area contributed by atoms with E-state index in [1.165, 1.54) is 5.56 Å². The lowest BCUT2D eigenvalue weighted by molar-refractivity contribution is -0.135. The van der Waals surface area contributed by atoms with Gasteiger partial charge < -0.3 is 14.5 Å². The monoisotopic (exact) mass is 477 g/mol. The van der Waals surface area contributed by atoms with E-state index in [2.05, 4.69) is 18.8 Å². The molecule has 0 radical (unpaired) electrons. The number of pyridine rings is 1. The van der Waals surface area contributed by atoms with Crippen molar-refractivity contribution in [2.75, 3.05) is 0 Å². The molecule has 0 saturated heterocycles. The van der Waals surface area contributed by atoms with Crippen molar-refractivity contribution in [3.63, 3.8) is 0 Å². The van der Waals surface area contributed by atoms with E-state index in [1.54, 1.807) is 24.3 Å². The van der Waals surface area contributed by atoms with Crippen LogP contribution in [-0.2, 0) is 4.79 Å². The highest BCUT2D eigenvalue weighted by Crippen LogP contribution is 2.48. The van der Waals surface area contributed by atoms with E-state index in [-0.39, 0.29) is 23.5 Å². The van der Waals surface area contributed by atoms with Gasteiger partial charge in [-0.2, -0.15) is 0 Å². The molecule has 2 aliphatic rings. The van der Waals surface area contributed by atoms with Crippen LogP contribution < -0.4 is 15.0 Å². The first-order valence-corrected chi connectivity index (χ1v) is 11.9. The molecule has 0 amide bonds. The normalized spacial score (nSPS) is 17.8. The minimum Gasteiger partial charge on any atom is -0.452 e. The molecule has 1 N–H and O–H groups in total. The number of nitrogens with one attached hydrogen (secondary N) is 1. The van der Waals surface area contributed by atoms with E-state index >= 15 is 0 Å². The number of hydrogen-bond acceptors (Lipinski definition) is 5. The molecule has 36 heavy (non-hydrogen) atoms. The summed E-state index contributed by atoms with van der Waals surface area (Å²) in [6.45, 7) is 4.25. The molecule has 6 rings (SSSR count). The predicted molar refractivity (Wildman–Crippen MR) is 137 cm³/mol. The Kier molecular flexibility index (Phi) is 5.11. The third kappa shape index (κ3) is 3.62. The van der Waals surface area contributed by atoms with E-state index < -0.39 is 11.9 Å². The van der Waals surface area contributed by atoms with Crippen molar-refractivity contribution in [2.45, 2.75) is 32.1 Å². The van der Waals surface area contributed by atoms with E-state index in [1.807, 2.05) is 48.5 Å². The van der Waals surface area contributed by atoms with Crippen LogP contribution in [0.5, 0.6) is 11.5 Å². The lowest BCUT2D eigenvalue weighted by Gasteiger charge is -2.26. The molecule has 3 aromatic carbocycles. The fourth-order valence-electron chi connectivity index (χ4n) is 4.92. The van der Waals surface area contributed by atoms with Gasteiger partial charge in [0, 0.05) is 22.6 Å². The van der Waals surface area contributed by atoms with Crippen LogP contribution >= 0.6 is 0 Å². The molecule has 0 spiro atoms. The number of rotatable bonds is 3. The summed E-state index contributed by atoms with van der Waals surface area (Å²) in [6, 6.07) is 20.5. The molecule has 0 aliphatic carbocycles. The van der Waals surface area contributed by atoms with E-state index in [9.17, 15) is 14.4 Å². The number of H-pyrrole nitrogens is 1. The lowest BCUT2D eigenvalue weighted by Crippen LogP contribution is -2.26.